The van der Waals surface area contributed by atoms with Gasteiger partial charge in [-0.3, -0.25) is 9.78 Å². The largest absolute Gasteiger partial charge is 0.491 e. The van der Waals surface area contributed by atoms with Gasteiger partial charge < -0.3 is 14.8 Å². The Kier molecular flexibility index (Phi) is 6.04. The van der Waals surface area contributed by atoms with Gasteiger partial charge in [-0.1, -0.05) is 29.8 Å². The van der Waals surface area contributed by atoms with Crippen LogP contribution in [0.3, 0.4) is 0 Å². The van der Waals surface area contributed by atoms with Crippen molar-refractivity contribution < 1.29 is 14.3 Å². The van der Waals surface area contributed by atoms with Gasteiger partial charge in [0.05, 0.1) is 17.7 Å². The maximum Gasteiger partial charge on any atom is 0.253 e. The number of rotatable bonds is 7. The predicted molar refractivity (Wildman–Crippen MR) is 102 cm³/mol. The number of benzene rings is 2. The fraction of sp³-hybridized carbons (Fsp3) is 0.200. The first-order valence-corrected chi connectivity index (χ1v) is 8.58. The zero-order chi connectivity index (χ0) is 18.4. The SMILES string of the molecule is COCCOc1cccc(CNC(=O)c2cc(Cl)cc3cccnc23)c1. The fourth-order valence-corrected chi connectivity index (χ4v) is 2.82. The van der Waals surface area contributed by atoms with Gasteiger partial charge in [-0.05, 0) is 35.9 Å². The highest BCUT2D eigenvalue weighted by atomic mass is 35.5. The topological polar surface area (TPSA) is 60.5 Å². The molecule has 5 nitrogen and oxygen atoms in total. The maximum absolute atomic E-state index is 12.6. The predicted octanol–water partition coefficient (Wildman–Crippen LogP) is 3.84. The van der Waals surface area contributed by atoms with Crippen molar-refractivity contribution in [2.45, 2.75) is 6.54 Å². The summed E-state index contributed by atoms with van der Waals surface area (Å²) in [7, 11) is 1.63. The van der Waals surface area contributed by atoms with E-state index in [-0.39, 0.29) is 5.91 Å². The molecular weight excluding hydrogens is 352 g/mol. The number of pyridine rings is 1. The molecule has 0 aliphatic rings. The molecule has 0 saturated carbocycles. The Morgan fingerprint density at radius 3 is 2.88 bits per heavy atom. The van der Waals surface area contributed by atoms with Crippen molar-refractivity contribution in [3.63, 3.8) is 0 Å². The molecule has 0 bridgehead atoms. The van der Waals surface area contributed by atoms with Crippen molar-refractivity contribution in [2.24, 2.45) is 0 Å². The number of aromatic nitrogens is 1. The van der Waals surface area contributed by atoms with E-state index in [1.807, 2.05) is 36.4 Å². The molecule has 0 saturated heterocycles. The van der Waals surface area contributed by atoms with E-state index >= 15 is 0 Å². The maximum atomic E-state index is 12.6. The quantitative estimate of drug-likeness (QED) is 0.642. The van der Waals surface area contributed by atoms with Crippen LogP contribution in [0.1, 0.15) is 15.9 Å². The van der Waals surface area contributed by atoms with E-state index in [1.165, 1.54) is 0 Å². The molecule has 2 aromatic carbocycles. The van der Waals surface area contributed by atoms with Gasteiger partial charge in [0, 0.05) is 30.3 Å². The van der Waals surface area contributed by atoms with Gasteiger partial charge in [0.1, 0.15) is 12.4 Å². The van der Waals surface area contributed by atoms with Crippen molar-refractivity contribution >= 4 is 28.4 Å². The Balaban J connectivity index is 1.71. The van der Waals surface area contributed by atoms with Crippen molar-refractivity contribution in [1.29, 1.82) is 0 Å². The minimum Gasteiger partial charge on any atom is -0.491 e. The summed E-state index contributed by atoms with van der Waals surface area (Å²) in [5.41, 5.74) is 2.03. The summed E-state index contributed by atoms with van der Waals surface area (Å²) in [6.07, 6.45) is 1.66. The molecular formula is C20H19ClN2O3. The van der Waals surface area contributed by atoms with Gasteiger partial charge in [0.15, 0.2) is 0 Å². The minimum absolute atomic E-state index is 0.220. The number of amides is 1. The summed E-state index contributed by atoms with van der Waals surface area (Å²) in [6.45, 7) is 1.38. The molecule has 134 valence electrons. The fourth-order valence-electron chi connectivity index (χ4n) is 2.59. The van der Waals surface area contributed by atoms with Crippen LogP contribution in [0, 0.1) is 0 Å². The van der Waals surface area contributed by atoms with E-state index in [2.05, 4.69) is 10.3 Å². The van der Waals surface area contributed by atoms with E-state index < -0.39 is 0 Å². The highest BCUT2D eigenvalue weighted by Gasteiger charge is 2.12. The lowest BCUT2D eigenvalue weighted by molar-refractivity contribution is 0.0952. The van der Waals surface area contributed by atoms with Gasteiger partial charge in [0.2, 0.25) is 0 Å². The van der Waals surface area contributed by atoms with Gasteiger partial charge in [-0.25, -0.2) is 0 Å². The summed E-state index contributed by atoms with van der Waals surface area (Å²) >= 11 is 6.13. The average molecular weight is 371 g/mol. The number of carbonyl (C=O) groups excluding carboxylic acids is 1. The summed E-state index contributed by atoms with van der Waals surface area (Å²) in [6, 6.07) is 14.7. The monoisotopic (exact) mass is 370 g/mol. The number of ether oxygens (including phenoxy) is 2. The van der Waals surface area contributed by atoms with Crippen LogP contribution < -0.4 is 10.1 Å². The highest BCUT2D eigenvalue weighted by Crippen LogP contribution is 2.22. The Hall–Kier alpha value is -2.63. The molecule has 3 aromatic rings. The van der Waals surface area contributed by atoms with Crippen LogP contribution in [-0.2, 0) is 11.3 Å². The number of nitrogens with one attached hydrogen (secondary N) is 1. The van der Waals surface area contributed by atoms with Crippen molar-refractivity contribution in [2.75, 3.05) is 20.3 Å². The first kappa shape index (κ1) is 18.2. The first-order valence-electron chi connectivity index (χ1n) is 8.20. The van der Waals surface area contributed by atoms with E-state index in [9.17, 15) is 4.79 Å². The lowest BCUT2D eigenvalue weighted by atomic mass is 10.1. The van der Waals surface area contributed by atoms with Crippen LogP contribution in [0.4, 0.5) is 0 Å². The molecule has 1 heterocycles. The number of nitrogens with zero attached hydrogens (tertiary/aromatic N) is 1. The van der Waals surface area contributed by atoms with Crippen LogP contribution in [0.2, 0.25) is 5.02 Å². The molecule has 6 heteroatoms. The summed E-state index contributed by atoms with van der Waals surface area (Å²) in [4.78, 5) is 16.9. The minimum atomic E-state index is -0.220. The molecule has 1 aromatic heterocycles. The smallest absolute Gasteiger partial charge is 0.253 e. The lowest BCUT2D eigenvalue weighted by Crippen LogP contribution is -2.23. The highest BCUT2D eigenvalue weighted by molar-refractivity contribution is 6.32. The van der Waals surface area contributed by atoms with Crippen LogP contribution >= 0.6 is 11.6 Å². The molecule has 1 N–H and O–H groups in total. The third-order valence-corrected chi connectivity index (χ3v) is 4.04. The Morgan fingerprint density at radius 1 is 1.15 bits per heavy atom. The van der Waals surface area contributed by atoms with Crippen molar-refractivity contribution in [3.8, 4) is 5.75 Å². The number of methoxy groups -OCH3 is 1. The average Bonchev–Trinajstić information content (AvgIpc) is 2.66. The molecule has 0 unspecified atom stereocenters. The molecule has 0 radical (unpaired) electrons. The molecule has 26 heavy (non-hydrogen) atoms. The van der Waals surface area contributed by atoms with E-state index in [4.69, 9.17) is 21.1 Å². The second-order valence-corrected chi connectivity index (χ2v) is 6.14. The molecule has 0 fully saturated rings. The summed E-state index contributed by atoms with van der Waals surface area (Å²) in [5.74, 6) is 0.519. The zero-order valence-electron chi connectivity index (χ0n) is 14.4. The number of halogens is 1. The number of carbonyl (C=O) groups is 1. The van der Waals surface area contributed by atoms with Crippen LogP contribution in [-0.4, -0.2) is 31.2 Å². The third-order valence-electron chi connectivity index (χ3n) is 3.82. The summed E-state index contributed by atoms with van der Waals surface area (Å²) < 4.78 is 10.6. The number of hydrogen-bond acceptors (Lipinski definition) is 4. The standard InChI is InChI=1S/C20H19ClN2O3/c1-25-8-9-26-17-6-2-4-14(10-17)13-23-20(24)18-12-16(21)11-15-5-3-7-22-19(15)18/h2-7,10-12H,8-9,13H2,1H3,(H,23,24). The second kappa shape index (κ2) is 8.65. The van der Waals surface area contributed by atoms with Crippen LogP contribution in [0.15, 0.2) is 54.7 Å². The molecule has 1 amide bonds. The Labute approximate surface area is 156 Å². The lowest BCUT2D eigenvalue weighted by Gasteiger charge is -2.10. The zero-order valence-corrected chi connectivity index (χ0v) is 15.1. The van der Waals surface area contributed by atoms with Gasteiger partial charge >= 0.3 is 0 Å². The molecule has 0 atom stereocenters. The van der Waals surface area contributed by atoms with E-state index in [0.29, 0.717) is 35.9 Å². The number of hydrogen-bond donors (Lipinski definition) is 1. The third kappa shape index (κ3) is 4.50. The number of fused-ring (bicyclic) bond motifs is 1. The van der Waals surface area contributed by atoms with E-state index in [0.717, 1.165) is 16.7 Å². The van der Waals surface area contributed by atoms with Crippen molar-refractivity contribution in [1.82, 2.24) is 10.3 Å². The normalized spacial score (nSPS) is 10.7. The van der Waals surface area contributed by atoms with Crippen LogP contribution in [0.25, 0.3) is 10.9 Å². The molecule has 0 aliphatic heterocycles. The Bertz CT molecular complexity index is 914. The summed E-state index contributed by atoms with van der Waals surface area (Å²) in [5, 5.41) is 4.25. The molecule has 0 spiro atoms. The molecule has 3 rings (SSSR count). The van der Waals surface area contributed by atoms with Crippen molar-refractivity contribution in [3.05, 3.63) is 70.9 Å². The molecule has 0 aliphatic carbocycles. The van der Waals surface area contributed by atoms with Gasteiger partial charge in [-0.2, -0.15) is 0 Å². The van der Waals surface area contributed by atoms with Gasteiger partial charge in [0.25, 0.3) is 5.91 Å². The van der Waals surface area contributed by atoms with Gasteiger partial charge in [-0.15, -0.1) is 0 Å². The van der Waals surface area contributed by atoms with Crippen LogP contribution in [0.5, 0.6) is 5.75 Å². The van der Waals surface area contributed by atoms with E-state index in [1.54, 1.807) is 25.4 Å². The Morgan fingerprint density at radius 2 is 2.04 bits per heavy atom. The second-order valence-electron chi connectivity index (χ2n) is 5.70. The first-order chi connectivity index (χ1) is 12.7.